The van der Waals surface area contributed by atoms with Gasteiger partial charge in [0.05, 0.1) is 4.90 Å². The summed E-state index contributed by atoms with van der Waals surface area (Å²) in [7, 11) is -6.64. The van der Waals surface area contributed by atoms with E-state index < -0.39 is 71.9 Å². The number of hydrogen-bond acceptors (Lipinski definition) is 7. The molecule has 0 amide bonds. The lowest BCUT2D eigenvalue weighted by Gasteiger charge is -2.38. The minimum Gasteiger partial charge on any atom is -0.457 e. The molecule has 0 aliphatic rings. The van der Waals surface area contributed by atoms with Crippen molar-refractivity contribution < 1.29 is 75.9 Å². The summed E-state index contributed by atoms with van der Waals surface area (Å²) in [6, 6.07) is 34.1. The Balaban J connectivity index is 1.15. The van der Waals surface area contributed by atoms with Gasteiger partial charge < -0.3 is 14.2 Å². The van der Waals surface area contributed by atoms with Gasteiger partial charge in [-0.05, 0) is 121 Å². The summed E-state index contributed by atoms with van der Waals surface area (Å²) in [5.41, 5.74) is -2.95. The van der Waals surface area contributed by atoms with Crippen LogP contribution in [0.15, 0.2) is 169 Å². The number of ketones is 1. The maximum atomic E-state index is 15.0. The van der Waals surface area contributed by atoms with Crippen LogP contribution in [0.25, 0.3) is 11.1 Å². The molecule has 1 N–H and O–H groups in total. The van der Waals surface area contributed by atoms with Crippen molar-refractivity contribution in [1.82, 2.24) is 0 Å². The Hall–Kier alpha value is -6.83. The number of thioether (sulfide) groups is 1. The van der Waals surface area contributed by atoms with Gasteiger partial charge in [0.1, 0.15) is 34.5 Å². The van der Waals surface area contributed by atoms with E-state index in [1.807, 2.05) is 38.1 Å². The van der Waals surface area contributed by atoms with Crippen molar-refractivity contribution in [2.45, 2.75) is 47.0 Å². The van der Waals surface area contributed by atoms with Crippen molar-refractivity contribution >= 4 is 27.7 Å². The van der Waals surface area contributed by atoms with Crippen molar-refractivity contribution in [3.05, 3.63) is 197 Å². The average molecular weight is 1000 g/mol. The molecule has 0 aliphatic heterocycles. The Morgan fingerprint density at radius 1 is 0.478 bits per heavy atom. The molecular weight excluding hydrogens is 967 g/mol. The predicted molar refractivity (Wildman–Crippen MR) is 237 cm³/mol. The second-order valence-corrected chi connectivity index (χ2v) is 18.0. The topological polar surface area (TPSA) is 99.1 Å². The molecular formula is C50H34F10O7S2. The highest BCUT2D eigenvalue weighted by Gasteiger charge is 2.72. The minimum absolute atomic E-state index is 0.0461. The SMILES string of the molecule is Cc1ccc(C(=O)c2ccc(Oc3ccc(C(c4ccc(Oc5ccc(SC(F)(F)C(F)(F)S(=O)(=O)O)c(Oc6ccc(-c7ccc(C)cc7)cc6)c5)cc4)(C(F)(F)F)C(F)(F)F)cc3)cc2)cc1. The first-order valence-electron chi connectivity index (χ1n) is 20.1. The Labute approximate surface area is 392 Å². The van der Waals surface area contributed by atoms with E-state index in [0.717, 1.165) is 59.2 Å². The third kappa shape index (κ3) is 10.4. The van der Waals surface area contributed by atoms with E-state index >= 15 is 26.3 Å². The Morgan fingerprint density at radius 3 is 1.26 bits per heavy atom. The first-order valence-corrected chi connectivity index (χ1v) is 22.4. The van der Waals surface area contributed by atoms with Crippen LogP contribution in [0.4, 0.5) is 43.9 Å². The summed E-state index contributed by atoms with van der Waals surface area (Å²) in [4.78, 5) is 12.1. The van der Waals surface area contributed by atoms with Crippen LogP contribution in [0.1, 0.15) is 38.2 Å². The van der Waals surface area contributed by atoms with Gasteiger partial charge in [0.15, 0.2) is 5.78 Å². The zero-order valence-corrected chi connectivity index (χ0v) is 37.2. The smallest absolute Gasteiger partial charge is 0.442 e. The van der Waals surface area contributed by atoms with Gasteiger partial charge in [-0.2, -0.15) is 52.3 Å². The van der Waals surface area contributed by atoms with Crippen LogP contribution in [-0.2, 0) is 15.5 Å². The molecule has 0 heterocycles. The van der Waals surface area contributed by atoms with Gasteiger partial charge in [-0.3, -0.25) is 9.35 Å². The maximum absolute atomic E-state index is 15.0. The highest BCUT2D eigenvalue weighted by molar-refractivity contribution is 8.01. The van der Waals surface area contributed by atoms with Crippen LogP contribution in [0, 0.1) is 13.8 Å². The molecule has 7 rings (SSSR count). The third-order valence-corrected chi connectivity index (χ3v) is 12.7. The van der Waals surface area contributed by atoms with Gasteiger partial charge in [0, 0.05) is 17.2 Å². The fourth-order valence-electron chi connectivity index (χ4n) is 7.00. The van der Waals surface area contributed by atoms with E-state index in [1.165, 1.54) is 36.4 Å². The number of alkyl halides is 10. The van der Waals surface area contributed by atoms with Crippen LogP contribution < -0.4 is 14.2 Å². The molecule has 7 nitrogen and oxygen atoms in total. The van der Waals surface area contributed by atoms with Gasteiger partial charge in [0.25, 0.3) is 0 Å². The Morgan fingerprint density at radius 2 is 0.826 bits per heavy atom. The van der Waals surface area contributed by atoms with Gasteiger partial charge in [-0.15, -0.1) is 0 Å². The van der Waals surface area contributed by atoms with E-state index in [0.29, 0.717) is 41.0 Å². The molecule has 0 atom stereocenters. The predicted octanol–water partition coefficient (Wildman–Crippen LogP) is 15.2. The molecule has 0 aliphatic carbocycles. The molecule has 0 unspecified atom stereocenters. The van der Waals surface area contributed by atoms with Crippen LogP contribution >= 0.6 is 11.8 Å². The van der Waals surface area contributed by atoms with Crippen molar-refractivity contribution in [2.24, 2.45) is 0 Å². The van der Waals surface area contributed by atoms with Crippen LogP contribution in [0.2, 0.25) is 0 Å². The average Bonchev–Trinajstić information content (AvgIpc) is 3.28. The third-order valence-electron chi connectivity index (χ3n) is 10.6. The van der Waals surface area contributed by atoms with Crippen molar-refractivity contribution in [3.8, 4) is 45.6 Å². The van der Waals surface area contributed by atoms with E-state index in [9.17, 15) is 30.8 Å². The summed E-state index contributed by atoms with van der Waals surface area (Å²) in [5, 5.41) is -11.5. The molecule has 7 aromatic rings. The van der Waals surface area contributed by atoms with Crippen molar-refractivity contribution in [2.75, 3.05) is 0 Å². The molecule has 0 fully saturated rings. The Kier molecular flexibility index (Phi) is 13.7. The normalized spacial score (nSPS) is 12.7. The largest absolute Gasteiger partial charge is 0.457 e. The van der Waals surface area contributed by atoms with E-state index in [1.54, 1.807) is 36.4 Å². The molecule has 0 spiro atoms. The monoisotopic (exact) mass is 1000 g/mol. The molecule has 0 bridgehead atoms. The van der Waals surface area contributed by atoms with Gasteiger partial charge in [-0.1, -0.05) is 96.1 Å². The number of aryl methyl sites for hydroxylation is 2. The molecule has 0 aromatic heterocycles. The fourth-order valence-corrected chi connectivity index (χ4v) is 8.47. The highest BCUT2D eigenvalue weighted by atomic mass is 32.2. The number of rotatable bonds is 15. The van der Waals surface area contributed by atoms with Crippen LogP contribution in [0.5, 0.6) is 34.5 Å². The number of hydrogen-bond donors (Lipinski definition) is 1. The number of halogens is 10. The lowest BCUT2D eigenvalue weighted by atomic mass is 9.73. The highest BCUT2D eigenvalue weighted by Crippen LogP contribution is 2.57. The first kappa shape index (κ1) is 50.1. The second-order valence-electron chi connectivity index (χ2n) is 15.4. The van der Waals surface area contributed by atoms with Gasteiger partial charge in [0.2, 0.25) is 5.41 Å². The standard InChI is InChI=1S/C50H34F10O7S2/c1-30-3-7-32(8-4-30)33-11-19-41(20-12-33)67-43-29-42(27-28-44(43)68-49(57,58)50(59,60)69(62,63)64)66-40-25-17-37(18-26-40)46(47(51,52)53,48(54,55)56)36-15-23-39(24-16-36)65-38-21-13-35(14-22-38)45(61)34-9-5-31(2)6-10-34/h3-29H,1-2H3,(H,62,63,64). The fraction of sp³-hybridized carbons (Fsp3) is 0.140. The minimum atomic E-state index is -6.64. The summed E-state index contributed by atoms with van der Waals surface area (Å²) in [6.45, 7) is 3.74. The second kappa shape index (κ2) is 18.9. The van der Waals surface area contributed by atoms with Crippen molar-refractivity contribution in [1.29, 1.82) is 0 Å². The van der Waals surface area contributed by atoms with Gasteiger partial charge in [-0.25, -0.2) is 0 Å². The molecule has 0 radical (unpaired) electrons. The molecule has 358 valence electrons. The molecule has 0 saturated heterocycles. The molecule has 69 heavy (non-hydrogen) atoms. The summed E-state index contributed by atoms with van der Waals surface area (Å²) < 4.78 is 197. The summed E-state index contributed by atoms with van der Waals surface area (Å²) >= 11 is -0.984. The van der Waals surface area contributed by atoms with Crippen molar-refractivity contribution in [3.63, 3.8) is 0 Å². The van der Waals surface area contributed by atoms with Crippen LogP contribution in [-0.4, -0.2) is 41.6 Å². The lowest BCUT2D eigenvalue weighted by molar-refractivity contribution is -0.288. The Bertz CT molecular complexity index is 3040. The first-order chi connectivity index (χ1) is 32.3. The number of carbonyl (C=O) groups is 1. The summed E-state index contributed by atoms with van der Waals surface area (Å²) in [5.74, 6) is -1.67. The van der Waals surface area contributed by atoms with E-state index in [2.05, 4.69) is 0 Å². The maximum Gasteiger partial charge on any atom is 0.442 e. The number of carbonyl (C=O) groups excluding carboxylic acids is 1. The molecule has 0 saturated carbocycles. The quantitative estimate of drug-likeness (QED) is 0.0469. The molecule has 7 aromatic carbocycles. The number of benzene rings is 7. The zero-order chi connectivity index (χ0) is 50.2. The number of ether oxygens (including phenoxy) is 3. The van der Waals surface area contributed by atoms with Crippen LogP contribution in [0.3, 0.4) is 0 Å². The van der Waals surface area contributed by atoms with E-state index in [-0.39, 0.29) is 34.5 Å². The lowest BCUT2D eigenvalue weighted by Crippen LogP contribution is -2.54. The zero-order valence-electron chi connectivity index (χ0n) is 35.6. The summed E-state index contributed by atoms with van der Waals surface area (Å²) in [6.07, 6.45) is -12.0. The van der Waals surface area contributed by atoms with E-state index in [4.69, 9.17) is 18.8 Å². The van der Waals surface area contributed by atoms with Gasteiger partial charge >= 0.3 is 33.0 Å². The molecule has 19 heteroatoms.